The van der Waals surface area contributed by atoms with Crippen LogP contribution < -0.4 is 0 Å². The lowest BCUT2D eigenvalue weighted by molar-refractivity contribution is 0.112. The number of hydrogen-bond acceptors (Lipinski definition) is 4. The Morgan fingerprint density at radius 1 is 1.33 bits per heavy atom. The first-order chi connectivity index (χ1) is 5.92. The summed E-state index contributed by atoms with van der Waals surface area (Å²) < 4.78 is 0. The van der Waals surface area contributed by atoms with Gasteiger partial charge >= 0.3 is 0 Å². The quantitative estimate of drug-likeness (QED) is 0.578. The van der Waals surface area contributed by atoms with Crippen LogP contribution in [-0.4, -0.2) is 21.5 Å². The number of aldehydes is 1. The Kier molecular flexibility index (Phi) is 1.51. The van der Waals surface area contributed by atoms with Crippen LogP contribution in [0, 0.1) is 0 Å². The van der Waals surface area contributed by atoms with Crippen LogP contribution in [0.15, 0.2) is 24.7 Å². The highest BCUT2D eigenvalue weighted by atomic mass is 16.1. The van der Waals surface area contributed by atoms with E-state index in [1.807, 2.05) is 0 Å². The smallest absolute Gasteiger partial charge is 0.170 e. The van der Waals surface area contributed by atoms with Gasteiger partial charge in [0.15, 0.2) is 6.29 Å². The van der Waals surface area contributed by atoms with Crippen LogP contribution in [0.1, 0.15) is 10.5 Å². The lowest BCUT2D eigenvalue weighted by Gasteiger charge is -1.95. The van der Waals surface area contributed by atoms with E-state index < -0.39 is 0 Å². The number of carbonyl (C=O) groups excluding carboxylic acids is 1. The molecule has 0 bridgehead atoms. The number of aromatic nitrogens is 3. The molecule has 0 N–H and O–H groups in total. The maximum absolute atomic E-state index is 10.5. The van der Waals surface area contributed by atoms with Crippen molar-refractivity contribution < 1.29 is 4.79 Å². The first kappa shape index (κ1) is 6.84. The largest absolute Gasteiger partial charge is 0.296 e. The van der Waals surface area contributed by atoms with Gasteiger partial charge in [0.2, 0.25) is 0 Å². The predicted octanol–water partition coefficient (Wildman–Crippen LogP) is 0.837. The molecule has 0 fully saturated rings. The third kappa shape index (κ3) is 0.934. The number of pyridine rings is 1. The SMILES string of the molecule is O=Cc1nncc2cnccc12. The number of carbonyl (C=O) groups is 1. The summed E-state index contributed by atoms with van der Waals surface area (Å²) in [7, 11) is 0. The van der Waals surface area contributed by atoms with Gasteiger partial charge in [0.1, 0.15) is 5.69 Å². The van der Waals surface area contributed by atoms with E-state index in [0.717, 1.165) is 10.8 Å². The molecule has 4 nitrogen and oxygen atoms in total. The molecule has 58 valence electrons. The van der Waals surface area contributed by atoms with Crippen molar-refractivity contribution in [2.24, 2.45) is 0 Å². The van der Waals surface area contributed by atoms with Crippen molar-refractivity contribution in [3.63, 3.8) is 0 Å². The molecule has 4 heteroatoms. The first-order valence-electron chi connectivity index (χ1n) is 3.42. The van der Waals surface area contributed by atoms with Crippen molar-refractivity contribution in [3.8, 4) is 0 Å². The summed E-state index contributed by atoms with van der Waals surface area (Å²) in [6.07, 6.45) is 5.54. The second-order valence-corrected chi connectivity index (χ2v) is 2.31. The molecule has 0 aliphatic heterocycles. The van der Waals surface area contributed by atoms with Gasteiger partial charge < -0.3 is 0 Å². The number of rotatable bonds is 1. The maximum atomic E-state index is 10.5. The highest BCUT2D eigenvalue weighted by Crippen LogP contribution is 2.11. The summed E-state index contributed by atoms with van der Waals surface area (Å²) in [5.41, 5.74) is 0.356. The standard InChI is InChI=1S/C8H5N3O/c12-5-8-7-1-2-9-3-6(7)4-10-11-8/h1-5H. The van der Waals surface area contributed by atoms with Crippen molar-refractivity contribution >= 4 is 17.1 Å². The van der Waals surface area contributed by atoms with Gasteiger partial charge in [0.25, 0.3) is 0 Å². The third-order valence-electron chi connectivity index (χ3n) is 1.60. The van der Waals surface area contributed by atoms with Crippen LogP contribution in [0.4, 0.5) is 0 Å². The molecule has 2 heterocycles. The van der Waals surface area contributed by atoms with E-state index in [9.17, 15) is 4.79 Å². The van der Waals surface area contributed by atoms with Gasteiger partial charge in [-0.25, -0.2) is 0 Å². The van der Waals surface area contributed by atoms with Crippen LogP contribution in [0.5, 0.6) is 0 Å². The van der Waals surface area contributed by atoms with Gasteiger partial charge in [-0.1, -0.05) is 0 Å². The minimum atomic E-state index is 0.356. The third-order valence-corrected chi connectivity index (χ3v) is 1.60. The number of nitrogens with zero attached hydrogens (tertiary/aromatic N) is 3. The van der Waals surface area contributed by atoms with Crippen LogP contribution in [0.2, 0.25) is 0 Å². The molecule has 0 aliphatic rings. The molecule has 0 aliphatic carbocycles. The fourth-order valence-electron chi connectivity index (χ4n) is 1.04. The first-order valence-corrected chi connectivity index (χ1v) is 3.42. The summed E-state index contributed by atoms with van der Waals surface area (Å²) in [4.78, 5) is 14.4. The fourth-order valence-corrected chi connectivity index (χ4v) is 1.04. The summed E-state index contributed by atoms with van der Waals surface area (Å²) in [5, 5.41) is 8.96. The molecular weight excluding hydrogens is 154 g/mol. The highest BCUT2D eigenvalue weighted by Gasteiger charge is 1.99. The molecule has 12 heavy (non-hydrogen) atoms. The van der Waals surface area contributed by atoms with E-state index in [-0.39, 0.29) is 0 Å². The van der Waals surface area contributed by atoms with E-state index in [2.05, 4.69) is 15.2 Å². The topological polar surface area (TPSA) is 55.7 Å². The monoisotopic (exact) mass is 159 g/mol. The van der Waals surface area contributed by atoms with Gasteiger partial charge in [-0.15, -0.1) is 5.10 Å². The van der Waals surface area contributed by atoms with E-state index in [4.69, 9.17) is 0 Å². The Morgan fingerprint density at radius 3 is 3.08 bits per heavy atom. The summed E-state index contributed by atoms with van der Waals surface area (Å²) >= 11 is 0. The van der Waals surface area contributed by atoms with Gasteiger partial charge in [0, 0.05) is 23.2 Å². The number of fused-ring (bicyclic) bond motifs is 1. The van der Waals surface area contributed by atoms with Crippen molar-refractivity contribution in [1.82, 2.24) is 15.2 Å². The second kappa shape index (κ2) is 2.65. The molecule has 2 aromatic rings. The van der Waals surface area contributed by atoms with Crippen molar-refractivity contribution in [3.05, 3.63) is 30.4 Å². The fraction of sp³-hybridized carbons (Fsp3) is 0. The Balaban J connectivity index is 2.88. The van der Waals surface area contributed by atoms with E-state index >= 15 is 0 Å². The zero-order valence-electron chi connectivity index (χ0n) is 6.14. The van der Waals surface area contributed by atoms with Gasteiger partial charge in [-0.05, 0) is 6.07 Å². The molecule has 0 atom stereocenters. The zero-order chi connectivity index (χ0) is 8.39. The minimum Gasteiger partial charge on any atom is -0.296 e. The lowest BCUT2D eigenvalue weighted by atomic mass is 10.2. The molecule has 0 saturated carbocycles. The predicted molar refractivity (Wildman–Crippen MR) is 42.7 cm³/mol. The Labute approximate surface area is 68.3 Å². The maximum Gasteiger partial charge on any atom is 0.170 e. The molecule has 0 aromatic carbocycles. The molecule has 0 spiro atoms. The van der Waals surface area contributed by atoms with Crippen molar-refractivity contribution in [1.29, 1.82) is 0 Å². The van der Waals surface area contributed by atoms with E-state index in [0.29, 0.717) is 12.0 Å². The molecule has 2 aromatic heterocycles. The minimum absolute atomic E-state index is 0.356. The molecule has 0 unspecified atom stereocenters. The Hall–Kier alpha value is -1.84. The van der Waals surface area contributed by atoms with Crippen LogP contribution >= 0.6 is 0 Å². The average Bonchev–Trinajstić information content (AvgIpc) is 2.17. The lowest BCUT2D eigenvalue weighted by Crippen LogP contribution is -1.91. The van der Waals surface area contributed by atoms with Crippen LogP contribution in [-0.2, 0) is 0 Å². The van der Waals surface area contributed by atoms with Crippen LogP contribution in [0.3, 0.4) is 0 Å². The average molecular weight is 159 g/mol. The second-order valence-electron chi connectivity index (χ2n) is 2.31. The van der Waals surface area contributed by atoms with E-state index in [1.54, 1.807) is 24.7 Å². The molecule has 0 radical (unpaired) electrons. The molecular formula is C8H5N3O. The summed E-state index contributed by atoms with van der Waals surface area (Å²) in [6, 6.07) is 1.74. The van der Waals surface area contributed by atoms with Crippen LogP contribution in [0.25, 0.3) is 10.8 Å². The highest BCUT2D eigenvalue weighted by molar-refractivity contribution is 5.94. The van der Waals surface area contributed by atoms with Gasteiger partial charge in [-0.2, -0.15) is 5.10 Å². The number of hydrogen-bond donors (Lipinski definition) is 0. The van der Waals surface area contributed by atoms with E-state index in [1.165, 1.54) is 0 Å². The van der Waals surface area contributed by atoms with Gasteiger partial charge in [-0.3, -0.25) is 9.78 Å². The summed E-state index contributed by atoms with van der Waals surface area (Å²) in [5.74, 6) is 0. The molecule has 0 saturated heterocycles. The molecule has 2 rings (SSSR count). The van der Waals surface area contributed by atoms with Crippen molar-refractivity contribution in [2.75, 3.05) is 0 Å². The molecule has 0 amide bonds. The van der Waals surface area contributed by atoms with Crippen molar-refractivity contribution in [2.45, 2.75) is 0 Å². The summed E-state index contributed by atoms with van der Waals surface area (Å²) in [6.45, 7) is 0. The Morgan fingerprint density at radius 2 is 2.25 bits per heavy atom. The van der Waals surface area contributed by atoms with Gasteiger partial charge in [0.05, 0.1) is 6.20 Å². The zero-order valence-corrected chi connectivity index (χ0v) is 6.14. The normalized spacial score (nSPS) is 10.0. The Bertz CT molecular complexity index is 422.